The largest absolute Gasteiger partial charge is 0.349 e. The van der Waals surface area contributed by atoms with Gasteiger partial charge < -0.3 is 10.2 Å². The smallest absolute Gasteiger partial charge is 0.223 e. The molecule has 0 radical (unpaired) electrons. The summed E-state index contributed by atoms with van der Waals surface area (Å²) in [4.78, 5) is 23.7. The van der Waals surface area contributed by atoms with Crippen LogP contribution in [0.15, 0.2) is 18.5 Å². The quantitative estimate of drug-likeness (QED) is 0.891. The summed E-state index contributed by atoms with van der Waals surface area (Å²) in [6.45, 7) is 3.13. The molecule has 126 valence electrons. The molecule has 0 spiro atoms. The number of fused-ring (bicyclic) bond motifs is 2. The summed E-state index contributed by atoms with van der Waals surface area (Å²) in [7, 11) is 2.10. The molecule has 0 bridgehead atoms. The van der Waals surface area contributed by atoms with Crippen LogP contribution in [0.5, 0.6) is 0 Å². The lowest BCUT2D eigenvalue weighted by atomic mass is 9.95. The fourth-order valence-corrected chi connectivity index (χ4v) is 3.49. The number of rotatable bonds is 3. The van der Waals surface area contributed by atoms with Gasteiger partial charge in [0, 0.05) is 67.7 Å². The van der Waals surface area contributed by atoms with Crippen LogP contribution in [0.1, 0.15) is 29.2 Å². The predicted octanol–water partition coefficient (Wildman–Crippen LogP) is 0.540. The van der Waals surface area contributed by atoms with Crippen molar-refractivity contribution in [2.24, 2.45) is 5.92 Å². The lowest BCUT2D eigenvalue weighted by molar-refractivity contribution is -0.125. The fraction of sp³-hybridized carbons (Fsp3) is 0.529. The SMILES string of the molecule is CN1CCc2nc(CNC(=O)C3CCn4nccc4C3)ncc2C1. The van der Waals surface area contributed by atoms with E-state index in [-0.39, 0.29) is 11.8 Å². The number of carbonyl (C=O) groups excluding carboxylic acids is 1. The first-order valence-electron chi connectivity index (χ1n) is 8.49. The Morgan fingerprint density at radius 1 is 1.42 bits per heavy atom. The van der Waals surface area contributed by atoms with Crippen LogP contribution in [0.4, 0.5) is 0 Å². The maximum atomic E-state index is 12.4. The first-order valence-corrected chi connectivity index (χ1v) is 8.49. The lowest BCUT2D eigenvalue weighted by Crippen LogP contribution is -2.35. The Labute approximate surface area is 141 Å². The van der Waals surface area contributed by atoms with Crippen molar-refractivity contribution in [1.82, 2.24) is 30.0 Å². The van der Waals surface area contributed by atoms with Gasteiger partial charge in [0.2, 0.25) is 5.91 Å². The Kier molecular flexibility index (Phi) is 4.02. The van der Waals surface area contributed by atoms with Crippen LogP contribution in [0, 0.1) is 5.92 Å². The number of nitrogens with one attached hydrogen (secondary N) is 1. The standard InChI is InChI=1S/C17H22N6O/c1-22-6-4-15-13(11-22)9-18-16(21-15)10-19-17(24)12-3-7-23-14(8-12)2-5-20-23/h2,5,9,12H,3-4,6-8,10-11H2,1H3,(H,19,24). The molecule has 4 heterocycles. The van der Waals surface area contributed by atoms with Crippen molar-refractivity contribution < 1.29 is 4.79 Å². The van der Waals surface area contributed by atoms with E-state index in [1.165, 1.54) is 5.56 Å². The number of hydrogen-bond acceptors (Lipinski definition) is 5. The monoisotopic (exact) mass is 326 g/mol. The Balaban J connectivity index is 1.36. The highest BCUT2D eigenvalue weighted by molar-refractivity contribution is 5.78. The summed E-state index contributed by atoms with van der Waals surface area (Å²) in [5.41, 5.74) is 3.45. The van der Waals surface area contributed by atoms with E-state index in [0.717, 1.165) is 50.3 Å². The summed E-state index contributed by atoms with van der Waals surface area (Å²) in [5.74, 6) is 0.802. The van der Waals surface area contributed by atoms with Crippen molar-refractivity contribution in [2.45, 2.75) is 38.9 Å². The van der Waals surface area contributed by atoms with Crippen molar-refractivity contribution in [3.05, 3.63) is 41.2 Å². The molecule has 7 nitrogen and oxygen atoms in total. The maximum absolute atomic E-state index is 12.4. The van der Waals surface area contributed by atoms with E-state index in [9.17, 15) is 4.79 Å². The Bertz CT molecular complexity index is 755. The topological polar surface area (TPSA) is 75.9 Å². The molecule has 1 unspecified atom stereocenters. The molecule has 2 aliphatic heterocycles. The highest BCUT2D eigenvalue weighted by atomic mass is 16.1. The minimum Gasteiger partial charge on any atom is -0.349 e. The number of hydrogen-bond donors (Lipinski definition) is 1. The highest BCUT2D eigenvalue weighted by Crippen LogP contribution is 2.20. The first-order chi connectivity index (χ1) is 11.7. The van der Waals surface area contributed by atoms with Crippen LogP contribution in [-0.2, 0) is 37.3 Å². The van der Waals surface area contributed by atoms with E-state index in [2.05, 4.69) is 32.3 Å². The molecule has 0 aromatic carbocycles. The number of nitrogens with zero attached hydrogens (tertiary/aromatic N) is 5. The molecule has 1 amide bonds. The van der Waals surface area contributed by atoms with Gasteiger partial charge in [-0.25, -0.2) is 9.97 Å². The van der Waals surface area contributed by atoms with E-state index < -0.39 is 0 Å². The third-order valence-electron chi connectivity index (χ3n) is 4.92. The third-order valence-corrected chi connectivity index (χ3v) is 4.92. The van der Waals surface area contributed by atoms with Gasteiger partial charge in [0.1, 0.15) is 5.82 Å². The van der Waals surface area contributed by atoms with Gasteiger partial charge in [0.15, 0.2) is 0 Å². The average molecular weight is 326 g/mol. The van der Waals surface area contributed by atoms with E-state index >= 15 is 0 Å². The molecular weight excluding hydrogens is 304 g/mol. The Morgan fingerprint density at radius 2 is 2.33 bits per heavy atom. The molecule has 24 heavy (non-hydrogen) atoms. The van der Waals surface area contributed by atoms with Gasteiger partial charge in [-0.2, -0.15) is 5.10 Å². The van der Waals surface area contributed by atoms with Crippen molar-refractivity contribution in [3.63, 3.8) is 0 Å². The van der Waals surface area contributed by atoms with Crippen LogP contribution in [0.3, 0.4) is 0 Å². The minimum absolute atomic E-state index is 0.0143. The van der Waals surface area contributed by atoms with Gasteiger partial charge >= 0.3 is 0 Å². The van der Waals surface area contributed by atoms with Crippen LogP contribution < -0.4 is 5.32 Å². The van der Waals surface area contributed by atoms with Crippen LogP contribution in [-0.4, -0.2) is 44.1 Å². The van der Waals surface area contributed by atoms with Gasteiger partial charge in [0.25, 0.3) is 0 Å². The van der Waals surface area contributed by atoms with Crippen LogP contribution in [0.2, 0.25) is 0 Å². The normalized spacial score (nSPS) is 20.3. The molecule has 0 aliphatic carbocycles. The second kappa shape index (κ2) is 6.32. The molecule has 0 saturated carbocycles. The zero-order valence-electron chi connectivity index (χ0n) is 13.9. The molecular formula is C17H22N6O. The molecule has 0 saturated heterocycles. The van der Waals surface area contributed by atoms with Crippen molar-refractivity contribution >= 4 is 5.91 Å². The molecule has 2 aromatic heterocycles. The maximum Gasteiger partial charge on any atom is 0.223 e. The second-order valence-electron chi connectivity index (χ2n) is 6.70. The summed E-state index contributed by atoms with van der Waals surface area (Å²) in [6.07, 6.45) is 6.23. The van der Waals surface area contributed by atoms with Gasteiger partial charge in [0.05, 0.1) is 6.54 Å². The molecule has 7 heteroatoms. The predicted molar refractivity (Wildman–Crippen MR) is 88.0 cm³/mol. The average Bonchev–Trinajstić information content (AvgIpc) is 3.07. The van der Waals surface area contributed by atoms with E-state index in [1.807, 2.05) is 16.9 Å². The number of carbonyl (C=O) groups is 1. The minimum atomic E-state index is 0.0143. The van der Waals surface area contributed by atoms with Gasteiger partial charge in [-0.15, -0.1) is 0 Å². The van der Waals surface area contributed by atoms with Crippen LogP contribution >= 0.6 is 0 Å². The Hall–Kier alpha value is -2.28. The zero-order valence-corrected chi connectivity index (χ0v) is 13.9. The first kappa shape index (κ1) is 15.3. The second-order valence-corrected chi connectivity index (χ2v) is 6.70. The lowest BCUT2D eigenvalue weighted by Gasteiger charge is -2.24. The van der Waals surface area contributed by atoms with Gasteiger partial charge in [-0.1, -0.05) is 0 Å². The summed E-state index contributed by atoms with van der Waals surface area (Å²) in [6, 6.07) is 1.99. The number of amides is 1. The summed E-state index contributed by atoms with van der Waals surface area (Å²) < 4.78 is 1.98. The number of aromatic nitrogens is 4. The highest BCUT2D eigenvalue weighted by Gasteiger charge is 2.25. The molecule has 2 aliphatic rings. The van der Waals surface area contributed by atoms with Crippen LogP contribution in [0.25, 0.3) is 0 Å². The summed E-state index contributed by atoms with van der Waals surface area (Å²) in [5, 5.41) is 7.26. The van der Waals surface area contributed by atoms with Gasteiger partial charge in [-0.3, -0.25) is 9.48 Å². The molecule has 2 aromatic rings. The number of aryl methyl sites for hydroxylation is 1. The number of likely N-dealkylation sites (N-methyl/N-ethyl adjacent to an activating group) is 1. The molecule has 0 fully saturated rings. The van der Waals surface area contributed by atoms with Crippen molar-refractivity contribution in [3.8, 4) is 0 Å². The van der Waals surface area contributed by atoms with Crippen molar-refractivity contribution in [1.29, 1.82) is 0 Å². The van der Waals surface area contributed by atoms with E-state index in [4.69, 9.17) is 0 Å². The van der Waals surface area contributed by atoms with Crippen molar-refractivity contribution in [2.75, 3.05) is 13.6 Å². The molecule has 1 N–H and O–H groups in total. The van der Waals surface area contributed by atoms with E-state index in [0.29, 0.717) is 12.4 Å². The third kappa shape index (κ3) is 3.03. The zero-order chi connectivity index (χ0) is 16.5. The molecule has 4 rings (SSSR count). The van der Waals surface area contributed by atoms with E-state index in [1.54, 1.807) is 6.20 Å². The summed E-state index contributed by atoms with van der Waals surface area (Å²) >= 11 is 0. The van der Waals surface area contributed by atoms with Gasteiger partial charge in [-0.05, 0) is 19.5 Å². The Morgan fingerprint density at radius 3 is 3.25 bits per heavy atom. The fourth-order valence-electron chi connectivity index (χ4n) is 3.49. The molecule has 1 atom stereocenters.